The van der Waals surface area contributed by atoms with Crippen molar-refractivity contribution in [2.24, 2.45) is 0 Å². The molecule has 0 atom stereocenters. The van der Waals surface area contributed by atoms with Gasteiger partial charge in [0.15, 0.2) is 5.13 Å². The number of pyridine rings is 1. The Kier molecular flexibility index (Phi) is 3.33. The maximum atomic E-state index is 11.9. The summed E-state index contributed by atoms with van der Waals surface area (Å²) >= 11 is 1.33. The van der Waals surface area contributed by atoms with Crippen LogP contribution in [-0.2, 0) is 0 Å². The zero-order valence-corrected chi connectivity index (χ0v) is 9.25. The van der Waals surface area contributed by atoms with Crippen LogP contribution in [0.15, 0.2) is 23.7 Å². The second-order valence-electron chi connectivity index (χ2n) is 2.97. The molecule has 0 unspecified atom stereocenters. The van der Waals surface area contributed by atoms with Gasteiger partial charge in [-0.05, 0) is 6.07 Å². The van der Waals surface area contributed by atoms with E-state index in [9.17, 15) is 8.78 Å². The molecular formula is C9H8F2N4OS. The number of nitrogen functional groups attached to an aromatic ring is 1. The van der Waals surface area contributed by atoms with Crippen LogP contribution in [-0.4, -0.2) is 16.6 Å². The number of ether oxygens (including phenoxy) is 1. The van der Waals surface area contributed by atoms with Crippen molar-refractivity contribution in [3.63, 3.8) is 0 Å². The molecule has 0 radical (unpaired) electrons. The minimum atomic E-state index is -2.87. The molecule has 0 aliphatic heterocycles. The highest BCUT2D eigenvalue weighted by Gasteiger charge is 2.05. The summed E-state index contributed by atoms with van der Waals surface area (Å²) in [6.07, 6.45) is 1.37. The number of alkyl halides is 2. The van der Waals surface area contributed by atoms with Crippen molar-refractivity contribution in [3.05, 3.63) is 23.7 Å². The Labute approximate surface area is 99.3 Å². The summed E-state index contributed by atoms with van der Waals surface area (Å²) in [4.78, 5) is 7.69. The van der Waals surface area contributed by atoms with E-state index in [1.807, 2.05) is 0 Å². The molecule has 0 aliphatic carbocycles. The summed E-state index contributed by atoms with van der Waals surface area (Å²) in [5, 5.41) is 5.22. The van der Waals surface area contributed by atoms with Crippen LogP contribution >= 0.6 is 11.3 Å². The maximum absolute atomic E-state index is 11.9. The lowest BCUT2D eigenvalue weighted by Crippen LogP contribution is -2.03. The van der Waals surface area contributed by atoms with E-state index >= 15 is 0 Å². The van der Waals surface area contributed by atoms with Crippen molar-refractivity contribution >= 4 is 28.0 Å². The van der Waals surface area contributed by atoms with Crippen molar-refractivity contribution in [2.75, 3.05) is 11.1 Å². The van der Waals surface area contributed by atoms with E-state index in [4.69, 9.17) is 5.73 Å². The second kappa shape index (κ2) is 4.91. The first-order valence-electron chi connectivity index (χ1n) is 4.52. The van der Waals surface area contributed by atoms with E-state index in [2.05, 4.69) is 20.0 Å². The summed E-state index contributed by atoms with van der Waals surface area (Å²) < 4.78 is 27.9. The first-order valence-corrected chi connectivity index (χ1v) is 5.40. The quantitative estimate of drug-likeness (QED) is 0.881. The number of anilines is 3. The molecule has 2 aromatic rings. The maximum Gasteiger partial charge on any atom is 0.388 e. The number of halogens is 2. The largest absolute Gasteiger partial charge is 0.417 e. The zero-order valence-electron chi connectivity index (χ0n) is 8.43. The highest BCUT2D eigenvalue weighted by molar-refractivity contribution is 7.14. The van der Waals surface area contributed by atoms with Gasteiger partial charge in [-0.2, -0.15) is 8.78 Å². The number of nitrogens with two attached hydrogens (primary N) is 1. The number of nitrogens with one attached hydrogen (secondary N) is 1. The zero-order chi connectivity index (χ0) is 12.3. The van der Waals surface area contributed by atoms with Crippen LogP contribution < -0.4 is 15.8 Å². The van der Waals surface area contributed by atoms with Crippen molar-refractivity contribution in [1.29, 1.82) is 0 Å². The van der Waals surface area contributed by atoms with E-state index in [1.165, 1.54) is 23.6 Å². The molecule has 0 aromatic carbocycles. The molecule has 0 aliphatic rings. The predicted molar refractivity (Wildman–Crippen MR) is 60.7 cm³/mol. The Balaban J connectivity index is 2.03. The standard InChI is InChI=1S/C9H8F2N4OS/c10-8(11)16-7-2-1-5(3-13-7)14-9-15-6(12)4-17-9/h1-4,8H,12H2,(H,14,15). The first-order chi connectivity index (χ1) is 8.13. The lowest BCUT2D eigenvalue weighted by Gasteiger charge is -2.04. The van der Waals surface area contributed by atoms with Gasteiger partial charge in [-0.1, -0.05) is 0 Å². The Morgan fingerprint density at radius 1 is 1.41 bits per heavy atom. The van der Waals surface area contributed by atoms with Crippen LogP contribution in [0.2, 0.25) is 0 Å². The third kappa shape index (κ3) is 3.25. The van der Waals surface area contributed by atoms with E-state index in [0.717, 1.165) is 0 Å². The molecule has 8 heteroatoms. The first kappa shape index (κ1) is 11.5. The summed E-state index contributed by atoms with van der Waals surface area (Å²) in [5.41, 5.74) is 6.06. The summed E-state index contributed by atoms with van der Waals surface area (Å²) in [6.45, 7) is -2.87. The molecule has 0 fully saturated rings. The molecule has 0 saturated carbocycles. The number of hydrogen-bond acceptors (Lipinski definition) is 6. The average molecular weight is 258 g/mol. The van der Waals surface area contributed by atoms with E-state index in [0.29, 0.717) is 16.6 Å². The van der Waals surface area contributed by atoms with Crippen LogP contribution in [0.25, 0.3) is 0 Å². The van der Waals surface area contributed by atoms with Gasteiger partial charge in [0, 0.05) is 11.4 Å². The molecule has 0 bridgehead atoms. The van der Waals surface area contributed by atoms with Gasteiger partial charge in [0.1, 0.15) is 5.82 Å². The average Bonchev–Trinajstić information content (AvgIpc) is 2.66. The molecule has 5 nitrogen and oxygen atoms in total. The topological polar surface area (TPSA) is 73.1 Å². The number of nitrogens with zero attached hydrogens (tertiary/aromatic N) is 2. The molecule has 0 amide bonds. The fraction of sp³-hybridized carbons (Fsp3) is 0.111. The van der Waals surface area contributed by atoms with Gasteiger partial charge in [0.05, 0.1) is 11.9 Å². The number of aromatic nitrogens is 2. The van der Waals surface area contributed by atoms with Crippen LogP contribution in [0.4, 0.5) is 25.4 Å². The second-order valence-corrected chi connectivity index (χ2v) is 3.82. The summed E-state index contributed by atoms with van der Waals surface area (Å²) in [7, 11) is 0. The fourth-order valence-corrected chi connectivity index (χ4v) is 1.70. The Bertz CT molecular complexity index is 488. The SMILES string of the molecule is Nc1csc(Nc2ccc(OC(F)F)nc2)n1. The van der Waals surface area contributed by atoms with E-state index in [-0.39, 0.29) is 5.88 Å². The highest BCUT2D eigenvalue weighted by atomic mass is 32.1. The molecule has 0 saturated heterocycles. The van der Waals surface area contributed by atoms with Gasteiger partial charge < -0.3 is 15.8 Å². The minimum absolute atomic E-state index is 0.135. The molecule has 3 N–H and O–H groups in total. The normalized spacial score (nSPS) is 10.5. The predicted octanol–water partition coefficient (Wildman–Crippen LogP) is 2.47. The van der Waals surface area contributed by atoms with Crippen LogP contribution in [0.3, 0.4) is 0 Å². The highest BCUT2D eigenvalue weighted by Crippen LogP contribution is 2.22. The van der Waals surface area contributed by atoms with Crippen LogP contribution in [0.1, 0.15) is 0 Å². The number of rotatable bonds is 4. The van der Waals surface area contributed by atoms with Crippen LogP contribution in [0.5, 0.6) is 5.88 Å². The van der Waals surface area contributed by atoms with Gasteiger partial charge in [-0.25, -0.2) is 9.97 Å². The molecule has 17 heavy (non-hydrogen) atoms. The minimum Gasteiger partial charge on any atom is -0.417 e. The summed E-state index contributed by atoms with van der Waals surface area (Å²) in [6, 6.07) is 2.90. The van der Waals surface area contributed by atoms with E-state index < -0.39 is 6.61 Å². The molecule has 90 valence electrons. The van der Waals surface area contributed by atoms with Gasteiger partial charge in [-0.15, -0.1) is 11.3 Å². The lowest BCUT2D eigenvalue weighted by atomic mass is 10.4. The van der Waals surface area contributed by atoms with Crippen molar-refractivity contribution < 1.29 is 13.5 Å². The monoisotopic (exact) mass is 258 g/mol. The van der Waals surface area contributed by atoms with Crippen LogP contribution in [0, 0.1) is 0 Å². The molecule has 0 spiro atoms. The molecule has 2 rings (SSSR count). The molecule has 2 aromatic heterocycles. The summed E-state index contributed by atoms with van der Waals surface area (Å²) in [5.74, 6) is 0.285. The lowest BCUT2D eigenvalue weighted by molar-refractivity contribution is -0.0528. The van der Waals surface area contributed by atoms with Gasteiger partial charge in [0.25, 0.3) is 0 Å². The number of hydrogen-bond donors (Lipinski definition) is 2. The van der Waals surface area contributed by atoms with Gasteiger partial charge >= 0.3 is 6.61 Å². The third-order valence-electron chi connectivity index (χ3n) is 1.72. The smallest absolute Gasteiger partial charge is 0.388 e. The number of thiazole rings is 1. The van der Waals surface area contributed by atoms with Crippen molar-refractivity contribution in [2.45, 2.75) is 6.61 Å². The Hall–Kier alpha value is -1.96. The van der Waals surface area contributed by atoms with Crippen molar-refractivity contribution in [3.8, 4) is 5.88 Å². The van der Waals surface area contributed by atoms with Crippen molar-refractivity contribution in [1.82, 2.24) is 9.97 Å². The molecular weight excluding hydrogens is 250 g/mol. The molecule has 2 heterocycles. The Morgan fingerprint density at radius 2 is 2.24 bits per heavy atom. The third-order valence-corrected chi connectivity index (χ3v) is 2.50. The fourth-order valence-electron chi connectivity index (χ4n) is 1.08. The Morgan fingerprint density at radius 3 is 2.76 bits per heavy atom. The van der Waals surface area contributed by atoms with Gasteiger partial charge in [-0.3, -0.25) is 0 Å². The van der Waals surface area contributed by atoms with E-state index in [1.54, 1.807) is 11.4 Å². The van der Waals surface area contributed by atoms with Gasteiger partial charge in [0.2, 0.25) is 5.88 Å².